The molecule has 5 rings (SSSR count). The summed E-state index contributed by atoms with van der Waals surface area (Å²) in [6.45, 7) is 0.692. The van der Waals surface area contributed by atoms with Gasteiger partial charge >= 0.3 is 6.03 Å². The Morgan fingerprint density at radius 2 is 2.00 bits per heavy atom. The van der Waals surface area contributed by atoms with Gasteiger partial charge in [-0.25, -0.2) is 9.78 Å². The van der Waals surface area contributed by atoms with Crippen LogP contribution in [0.25, 0.3) is 11.4 Å². The average Bonchev–Trinajstić information content (AvgIpc) is 3.48. The molecule has 2 aliphatic rings. The van der Waals surface area contributed by atoms with Gasteiger partial charge in [0.15, 0.2) is 5.82 Å². The van der Waals surface area contributed by atoms with Crippen molar-refractivity contribution in [3.8, 4) is 17.1 Å². The van der Waals surface area contributed by atoms with Gasteiger partial charge in [-0.2, -0.15) is 5.10 Å². The second kappa shape index (κ2) is 7.24. The van der Waals surface area contributed by atoms with Crippen molar-refractivity contribution >= 4 is 6.03 Å². The van der Waals surface area contributed by atoms with Crippen molar-refractivity contribution < 1.29 is 9.90 Å². The third kappa shape index (κ3) is 3.22. The maximum absolute atomic E-state index is 13.0. The Balaban J connectivity index is 1.32. The monoisotopic (exact) mass is 389 g/mol. The van der Waals surface area contributed by atoms with E-state index in [1.807, 2.05) is 47.4 Å². The SMILES string of the molecule is O=C(NC1CCc2c(O)cccc21)N1CCCC1c1nc(-c2ccccc2)n[nH]1. The molecule has 1 aromatic heterocycles. The standard InChI is InChI=1S/C22H23N5O2/c28-19-10-4-8-15-16(19)11-12-17(15)23-22(29)27-13-5-9-18(27)21-24-20(25-26-21)14-6-2-1-3-7-14/h1-4,6-8,10,17-18,28H,5,9,11-13H2,(H,23,29)(H,24,25,26). The third-order valence-electron chi connectivity index (χ3n) is 5.91. The van der Waals surface area contributed by atoms with Gasteiger partial charge in [-0.15, -0.1) is 0 Å². The van der Waals surface area contributed by atoms with Crippen molar-refractivity contribution in [3.05, 3.63) is 65.5 Å². The predicted molar refractivity (Wildman–Crippen MR) is 108 cm³/mol. The highest BCUT2D eigenvalue weighted by atomic mass is 16.3. The number of fused-ring (bicyclic) bond motifs is 1. The summed E-state index contributed by atoms with van der Waals surface area (Å²) >= 11 is 0. The fourth-order valence-corrected chi connectivity index (χ4v) is 4.45. The van der Waals surface area contributed by atoms with Gasteiger partial charge in [-0.05, 0) is 42.9 Å². The molecule has 3 N–H and O–H groups in total. The minimum Gasteiger partial charge on any atom is -0.508 e. The van der Waals surface area contributed by atoms with Crippen molar-refractivity contribution in [2.24, 2.45) is 0 Å². The molecule has 0 radical (unpaired) electrons. The molecule has 1 saturated heterocycles. The van der Waals surface area contributed by atoms with E-state index in [0.717, 1.165) is 48.2 Å². The van der Waals surface area contributed by atoms with Gasteiger partial charge in [0.1, 0.15) is 11.6 Å². The van der Waals surface area contributed by atoms with Crippen molar-refractivity contribution in [2.45, 2.75) is 37.8 Å². The number of nitrogens with zero attached hydrogens (tertiary/aromatic N) is 3. The number of rotatable bonds is 3. The predicted octanol–water partition coefficient (Wildman–Crippen LogP) is 3.71. The largest absolute Gasteiger partial charge is 0.508 e. The Labute approximate surface area is 168 Å². The summed E-state index contributed by atoms with van der Waals surface area (Å²) in [6.07, 6.45) is 3.37. The summed E-state index contributed by atoms with van der Waals surface area (Å²) < 4.78 is 0. The molecule has 0 spiro atoms. The number of nitrogens with one attached hydrogen (secondary N) is 2. The molecular weight excluding hydrogens is 366 g/mol. The van der Waals surface area contributed by atoms with E-state index < -0.39 is 0 Å². The van der Waals surface area contributed by atoms with E-state index in [1.54, 1.807) is 6.07 Å². The summed E-state index contributed by atoms with van der Waals surface area (Å²) in [5, 5.41) is 20.6. The second-order valence-corrected chi connectivity index (χ2v) is 7.65. The molecule has 2 atom stereocenters. The van der Waals surface area contributed by atoms with Crippen LogP contribution in [0, 0.1) is 0 Å². The first-order chi connectivity index (χ1) is 14.2. The Hall–Kier alpha value is -3.35. The van der Waals surface area contributed by atoms with Crippen LogP contribution in [0.15, 0.2) is 48.5 Å². The van der Waals surface area contributed by atoms with Gasteiger partial charge < -0.3 is 15.3 Å². The van der Waals surface area contributed by atoms with Gasteiger partial charge in [-0.3, -0.25) is 5.10 Å². The zero-order chi connectivity index (χ0) is 19.8. The van der Waals surface area contributed by atoms with Crippen LogP contribution in [0.2, 0.25) is 0 Å². The number of likely N-dealkylation sites (tertiary alicyclic amines) is 1. The number of hydrogen-bond acceptors (Lipinski definition) is 4. The first-order valence-electron chi connectivity index (χ1n) is 10.1. The van der Waals surface area contributed by atoms with Gasteiger partial charge in [-0.1, -0.05) is 42.5 Å². The number of phenols is 1. The fourth-order valence-electron chi connectivity index (χ4n) is 4.45. The van der Waals surface area contributed by atoms with Crippen LogP contribution in [0.4, 0.5) is 4.79 Å². The van der Waals surface area contributed by atoms with E-state index in [4.69, 9.17) is 0 Å². The lowest BCUT2D eigenvalue weighted by Crippen LogP contribution is -2.41. The van der Waals surface area contributed by atoms with Crippen LogP contribution in [0.1, 0.15) is 48.3 Å². The summed E-state index contributed by atoms with van der Waals surface area (Å²) in [4.78, 5) is 19.5. The smallest absolute Gasteiger partial charge is 0.318 e. The highest BCUT2D eigenvalue weighted by Crippen LogP contribution is 2.37. The molecule has 1 aliphatic carbocycles. The minimum atomic E-state index is -0.106. The number of aromatic amines is 1. The van der Waals surface area contributed by atoms with Gasteiger partial charge in [0.05, 0.1) is 12.1 Å². The van der Waals surface area contributed by atoms with Crippen LogP contribution in [0.5, 0.6) is 5.75 Å². The van der Waals surface area contributed by atoms with Crippen LogP contribution in [-0.2, 0) is 6.42 Å². The number of carbonyl (C=O) groups excluding carboxylic acids is 1. The number of phenolic OH excluding ortho intramolecular Hbond substituents is 1. The lowest BCUT2D eigenvalue weighted by atomic mass is 10.1. The zero-order valence-electron chi connectivity index (χ0n) is 16.0. The lowest BCUT2D eigenvalue weighted by molar-refractivity contribution is 0.187. The topological polar surface area (TPSA) is 94.1 Å². The molecular formula is C22H23N5O2. The number of aromatic nitrogens is 3. The van der Waals surface area contributed by atoms with E-state index in [2.05, 4.69) is 20.5 Å². The number of aromatic hydroxyl groups is 1. The van der Waals surface area contributed by atoms with Crippen molar-refractivity contribution in [1.29, 1.82) is 0 Å². The molecule has 1 aliphatic heterocycles. The molecule has 7 heteroatoms. The van der Waals surface area contributed by atoms with Crippen molar-refractivity contribution in [2.75, 3.05) is 6.54 Å². The number of hydrogen-bond donors (Lipinski definition) is 3. The first-order valence-corrected chi connectivity index (χ1v) is 10.1. The number of carbonyl (C=O) groups is 1. The van der Waals surface area contributed by atoms with Crippen molar-refractivity contribution in [1.82, 2.24) is 25.4 Å². The molecule has 29 heavy (non-hydrogen) atoms. The van der Waals surface area contributed by atoms with Crippen molar-refractivity contribution in [3.63, 3.8) is 0 Å². The second-order valence-electron chi connectivity index (χ2n) is 7.65. The molecule has 2 aromatic carbocycles. The van der Waals surface area contributed by atoms with E-state index in [1.165, 1.54) is 0 Å². The van der Waals surface area contributed by atoms with Crippen LogP contribution in [0.3, 0.4) is 0 Å². The molecule has 2 unspecified atom stereocenters. The first kappa shape index (κ1) is 17.7. The highest BCUT2D eigenvalue weighted by Gasteiger charge is 2.35. The van der Waals surface area contributed by atoms with Crippen LogP contribution >= 0.6 is 0 Å². The molecule has 0 bridgehead atoms. The quantitative estimate of drug-likeness (QED) is 0.636. The molecule has 7 nitrogen and oxygen atoms in total. The summed E-state index contributed by atoms with van der Waals surface area (Å²) in [7, 11) is 0. The van der Waals surface area contributed by atoms with E-state index >= 15 is 0 Å². The Kier molecular flexibility index (Phi) is 4.42. The summed E-state index contributed by atoms with van der Waals surface area (Å²) in [5.74, 6) is 1.68. The van der Waals surface area contributed by atoms with E-state index in [-0.39, 0.29) is 18.1 Å². The number of benzene rings is 2. The zero-order valence-corrected chi connectivity index (χ0v) is 16.0. The molecule has 2 amide bonds. The fraction of sp³-hybridized carbons (Fsp3) is 0.318. The Bertz CT molecular complexity index is 1030. The third-order valence-corrected chi connectivity index (χ3v) is 5.91. The van der Waals surface area contributed by atoms with Crippen LogP contribution < -0.4 is 5.32 Å². The minimum absolute atomic E-state index is 0.0690. The molecule has 1 fully saturated rings. The highest BCUT2D eigenvalue weighted by molar-refractivity contribution is 5.76. The van der Waals surface area contributed by atoms with Crippen LogP contribution in [-0.4, -0.2) is 37.8 Å². The normalized spacial score (nSPS) is 20.6. The van der Waals surface area contributed by atoms with Gasteiger partial charge in [0.25, 0.3) is 0 Å². The van der Waals surface area contributed by atoms with E-state index in [9.17, 15) is 9.90 Å². The number of amides is 2. The Morgan fingerprint density at radius 1 is 1.14 bits per heavy atom. The average molecular weight is 389 g/mol. The molecule has 0 saturated carbocycles. The lowest BCUT2D eigenvalue weighted by Gasteiger charge is -2.25. The molecule has 3 aromatic rings. The number of urea groups is 1. The molecule has 148 valence electrons. The van der Waals surface area contributed by atoms with E-state index in [0.29, 0.717) is 18.1 Å². The van der Waals surface area contributed by atoms with Gasteiger partial charge in [0.2, 0.25) is 0 Å². The maximum atomic E-state index is 13.0. The maximum Gasteiger partial charge on any atom is 0.318 e. The summed E-state index contributed by atoms with van der Waals surface area (Å²) in [6, 6.07) is 15.1. The number of H-pyrrole nitrogens is 1. The molecule has 2 heterocycles. The van der Waals surface area contributed by atoms with Gasteiger partial charge in [0, 0.05) is 12.1 Å². The summed E-state index contributed by atoms with van der Waals surface area (Å²) in [5.41, 5.74) is 2.91. The Morgan fingerprint density at radius 3 is 2.86 bits per heavy atom.